The van der Waals surface area contributed by atoms with E-state index in [9.17, 15) is 4.79 Å². The molecule has 3 nitrogen and oxygen atoms in total. The Balaban J connectivity index is 1.81. The predicted molar refractivity (Wildman–Crippen MR) is 91.4 cm³/mol. The number of nitrogens with zero attached hydrogens (tertiary/aromatic N) is 1. The molecule has 5 heteroatoms. The standard InChI is InChI=1S/C17H15NO2S2/c1-20-16(19)15(11-12-7-3-2-4-8-12)22-17-18-13-9-5-6-10-14(13)21-17/h2-10,15H,11H2,1H3. The van der Waals surface area contributed by atoms with Crippen molar-refractivity contribution in [3.05, 3.63) is 60.2 Å². The lowest BCUT2D eigenvalue weighted by Crippen LogP contribution is -2.21. The number of aromatic nitrogens is 1. The molecular formula is C17H15NO2S2. The Kier molecular flexibility index (Phi) is 4.75. The van der Waals surface area contributed by atoms with Gasteiger partial charge in [-0.3, -0.25) is 4.79 Å². The van der Waals surface area contributed by atoms with Gasteiger partial charge in [0, 0.05) is 0 Å². The highest BCUT2D eigenvalue weighted by Gasteiger charge is 2.22. The number of thioether (sulfide) groups is 1. The molecule has 0 spiro atoms. The molecule has 1 aromatic heterocycles. The van der Waals surface area contributed by atoms with Crippen LogP contribution in [0.3, 0.4) is 0 Å². The zero-order valence-electron chi connectivity index (χ0n) is 12.1. The van der Waals surface area contributed by atoms with Crippen LogP contribution in [0.1, 0.15) is 5.56 Å². The molecule has 22 heavy (non-hydrogen) atoms. The van der Waals surface area contributed by atoms with E-state index in [0.717, 1.165) is 20.1 Å². The monoisotopic (exact) mass is 329 g/mol. The molecule has 0 saturated heterocycles. The number of thiazole rings is 1. The molecule has 3 rings (SSSR count). The van der Waals surface area contributed by atoms with Crippen molar-refractivity contribution in [1.29, 1.82) is 0 Å². The van der Waals surface area contributed by atoms with Gasteiger partial charge in [-0.1, -0.05) is 54.2 Å². The lowest BCUT2D eigenvalue weighted by molar-refractivity contribution is -0.139. The second kappa shape index (κ2) is 6.94. The first-order valence-electron chi connectivity index (χ1n) is 6.90. The molecule has 1 atom stereocenters. The van der Waals surface area contributed by atoms with E-state index in [1.807, 2.05) is 54.6 Å². The van der Waals surface area contributed by atoms with E-state index in [4.69, 9.17) is 4.74 Å². The molecular weight excluding hydrogens is 314 g/mol. The molecule has 1 unspecified atom stereocenters. The van der Waals surface area contributed by atoms with Gasteiger partial charge in [-0.05, 0) is 24.1 Å². The Morgan fingerprint density at radius 2 is 1.91 bits per heavy atom. The van der Waals surface area contributed by atoms with Gasteiger partial charge in [0.2, 0.25) is 0 Å². The number of esters is 1. The van der Waals surface area contributed by atoms with Crippen molar-refractivity contribution in [3.63, 3.8) is 0 Å². The lowest BCUT2D eigenvalue weighted by atomic mass is 10.1. The van der Waals surface area contributed by atoms with Crippen LogP contribution in [-0.2, 0) is 16.0 Å². The van der Waals surface area contributed by atoms with Gasteiger partial charge in [0.25, 0.3) is 0 Å². The van der Waals surface area contributed by atoms with E-state index in [1.54, 1.807) is 11.3 Å². The highest BCUT2D eigenvalue weighted by atomic mass is 32.2. The van der Waals surface area contributed by atoms with E-state index in [2.05, 4.69) is 4.98 Å². The number of hydrogen-bond donors (Lipinski definition) is 0. The summed E-state index contributed by atoms with van der Waals surface area (Å²) < 4.78 is 6.98. The van der Waals surface area contributed by atoms with Crippen LogP contribution in [0.5, 0.6) is 0 Å². The van der Waals surface area contributed by atoms with Gasteiger partial charge in [0.05, 0.1) is 17.3 Å². The van der Waals surface area contributed by atoms with Crippen molar-refractivity contribution in [1.82, 2.24) is 4.98 Å². The first kappa shape index (κ1) is 15.1. The summed E-state index contributed by atoms with van der Waals surface area (Å²) in [6.45, 7) is 0. The SMILES string of the molecule is COC(=O)C(Cc1ccccc1)Sc1nc2ccccc2s1. The number of carbonyl (C=O) groups is 1. The molecule has 112 valence electrons. The highest BCUT2D eigenvalue weighted by Crippen LogP contribution is 2.33. The molecule has 2 aromatic carbocycles. The second-order valence-corrected chi connectivity index (χ2v) is 7.25. The molecule has 0 amide bonds. The van der Waals surface area contributed by atoms with Crippen LogP contribution in [0.2, 0.25) is 0 Å². The third-order valence-electron chi connectivity index (χ3n) is 3.25. The minimum atomic E-state index is -0.284. The Hall–Kier alpha value is -1.85. The highest BCUT2D eigenvalue weighted by molar-refractivity contribution is 8.02. The van der Waals surface area contributed by atoms with Crippen LogP contribution in [0, 0.1) is 0 Å². The Morgan fingerprint density at radius 3 is 2.64 bits per heavy atom. The molecule has 3 aromatic rings. The van der Waals surface area contributed by atoms with Crippen LogP contribution < -0.4 is 0 Å². The number of hydrogen-bond acceptors (Lipinski definition) is 5. The Bertz CT molecular complexity index is 737. The summed E-state index contributed by atoms with van der Waals surface area (Å²) >= 11 is 3.08. The number of carbonyl (C=O) groups excluding carboxylic acids is 1. The first-order valence-corrected chi connectivity index (χ1v) is 8.60. The summed E-state index contributed by atoms with van der Waals surface area (Å²) in [6, 6.07) is 18.0. The van der Waals surface area contributed by atoms with E-state index in [-0.39, 0.29) is 11.2 Å². The molecule has 0 aliphatic rings. The van der Waals surface area contributed by atoms with Crippen molar-refractivity contribution in [2.75, 3.05) is 7.11 Å². The van der Waals surface area contributed by atoms with Crippen LogP contribution >= 0.6 is 23.1 Å². The fourth-order valence-electron chi connectivity index (χ4n) is 2.16. The summed E-state index contributed by atoms with van der Waals surface area (Å²) in [5, 5.41) is -0.284. The van der Waals surface area contributed by atoms with Gasteiger partial charge in [-0.2, -0.15) is 0 Å². The molecule has 0 radical (unpaired) electrons. The molecule has 0 bridgehead atoms. The Labute approximate surface area is 137 Å². The number of methoxy groups -OCH3 is 1. The van der Waals surface area contributed by atoms with Gasteiger partial charge in [-0.25, -0.2) is 4.98 Å². The maximum absolute atomic E-state index is 12.1. The number of ether oxygens (including phenoxy) is 1. The second-order valence-electron chi connectivity index (χ2n) is 4.77. The zero-order chi connectivity index (χ0) is 15.4. The smallest absolute Gasteiger partial charge is 0.319 e. The average Bonchev–Trinajstić information content (AvgIpc) is 2.97. The van der Waals surface area contributed by atoms with Gasteiger partial charge in [0.15, 0.2) is 4.34 Å². The van der Waals surface area contributed by atoms with Gasteiger partial charge >= 0.3 is 5.97 Å². The minimum Gasteiger partial charge on any atom is -0.468 e. The normalized spacial score (nSPS) is 12.2. The Morgan fingerprint density at radius 1 is 1.18 bits per heavy atom. The third kappa shape index (κ3) is 3.48. The number of benzene rings is 2. The van der Waals surface area contributed by atoms with E-state index in [1.165, 1.54) is 18.9 Å². The summed E-state index contributed by atoms with van der Waals surface area (Å²) in [4.78, 5) is 16.7. The van der Waals surface area contributed by atoms with Crippen molar-refractivity contribution in [2.24, 2.45) is 0 Å². The summed E-state index contributed by atoms with van der Waals surface area (Å²) in [5.74, 6) is -0.215. The van der Waals surface area contributed by atoms with Gasteiger partial charge < -0.3 is 4.74 Å². The first-order chi connectivity index (χ1) is 10.8. The molecule has 0 saturated carbocycles. The third-order valence-corrected chi connectivity index (χ3v) is 5.55. The van der Waals surface area contributed by atoms with Gasteiger partial charge in [-0.15, -0.1) is 11.3 Å². The minimum absolute atomic E-state index is 0.215. The van der Waals surface area contributed by atoms with Crippen LogP contribution in [0.25, 0.3) is 10.2 Å². The van der Waals surface area contributed by atoms with Crippen molar-refractivity contribution < 1.29 is 9.53 Å². The maximum Gasteiger partial charge on any atom is 0.319 e. The molecule has 1 heterocycles. The van der Waals surface area contributed by atoms with Crippen LogP contribution in [-0.4, -0.2) is 23.3 Å². The fraction of sp³-hybridized carbons (Fsp3) is 0.176. The summed E-state index contributed by atoms with van der Waals surface area (Å²) in [6.07, 6.45) is 0.633. The summed E-state index contributed by atoms with van der Waals surface area (Å²) in [7, 11) is 1.43. The molecule has 0 fully saturated rings. The quantitative estimate of drug-likeness (QED) is 0.520. The number of fused-ring (bicyclic) bond motifs is 1. The molecule has 0 aliphatic heterocycles. The fourth-order valence-corrected chi connectivity index (χ4v) is 4.53. The van der Waals surface area contributed by atoms with Crippen molar-refractivity contribution in [2.45, 2.75) is 16.0 Å². The molecule has 0 N–H and O–H groups in total. The average molecular weight is 329 g/mol. The summed E-state index contributed by atoms with van der Waals surface area (Å²) in [5.41, 5.74) is 2.09. The van der Waals surface area contributed by atoms with E-state index < -0.39 is 0 Å². The zero-order valence-corrected chi connectivity index (χ0v) is 13.7. The van der Waals surface area contributed by atoms with Crippen molar-refractivity contribution >= 4 is 39.3 Å². The molecule has 0 aliphatic carbocycles. The lowest BCUT2D eigenvalue weighted by Gasteiger charge is -2.12. The topological polar surface area (TPSA) is 39.2 Å². The van der Waals surface area contributed by atoms with E-state index >= 15 is 0 Å². The predicted octanol–water partition coefficient (Wildman–Crippen LogP) is 4.17. The van der Waals surface area contributed by atoms with Gasteiger partial charge in [0.1, 0.15) is 5.25 Å². The number of rotatable bonds is 5. The number of para-hydroxylation sites is 1. The van der Waals surface area contributed by atoms with Crippen LogP contribution in [0.4, 0.5) is 0 Å². The van der Waals surface area contributed by atoms with E-state index in [0.29, 0.717) is 6.42 Å². The van der Waals surface area contributed by atoms with Crippen molar-refractivity contribution in [3.8, 4) is 0 Å². The maximum atomic E-state index is 12.1. The largest absolute Gasteiger partial charge is 0.468 e. The van der Waals surface area contributed by atoms with Crippen LogP contribution in [0.15, 0.2) is 58.9 Å².